The molecular weight excluding hydrogens is 284 g/mol. The van der Waals surface area contributed by atoms with Crippen molar-refractivity contribution < 1.29 is 17.6 Å². The molecule has 0 saturated carbocycles. The van der Waals surface area contributed by atoms with Gasteiger partial charge in [0.1, 0.15) is 5.82 Å². The number of nitrogens with zero attached hydrogens (tertiary/aromatic N) is 1. The summed E-state index contributed by atoms with van der Waals surface area (Å²) in [7, 11) is 0. The molecule has 108 valence electrons. The Labute approximate surface area is 118 Å². The van der Waals surface area contributed by atoms with Gasteiger partial charge in [0, 0.05) is 5.69 Å². The number of nitriles is 1. The molecule has 0 aliphatic heterocycles. The predicted octanol–water partition coefficient (Wildman–Crippen LogP) is 4.77. The van der Waals surface area contributed by atoms with Crippen molar-refractivity contribution in [2.24, 2.45) is 0 Å². The lowest BCUT2D eigenvalue weighted by Gasteiger charge is -2.13. The molecule has 0 aromatic heterocycles. The van der Waals surface area contributed by atoms with Crippen LogP contribution in [0.15, 0.2) is 36.4 Å². The second-order valence-corrected chi connectivity index (χ2v) is 4.48. The normalized spacial score (nSPS) is 11.0. The third-order valence-corrected chi connectivity index (χ3v) is 2.85. The van der Waals surface area contributed by atoms with Crippen molar-refractivity contribution in [3.63, 3.8) is 0 Å². The Hall–Kier alpha value is -2.55. The number of alkyl halides is 3. The molecule has 2 aromatic rings. The number of benzene rings is 2. The van der Waals surface area contributed by atoms with E-state index in [1.54, 1.807) is 13.0 Å². The van der Waals surface area contributed by atoms with Crippen molar-refractivity contribution in [2.75, 3.05) is 5.32 Å². The molecule has 2 rings (SSSR count). The van der Waals surface area contributed by atoms with Gasteiger partial charge in [-0.15, -0.1) is 0 Å². The van der Waals surface area contributed by atoms with Crippen LogP contribution in [-0.4, -0.2) is 0 Å². The first-order valence-corrected chi connectivity index (χ1v) is 5.96. The van der Waals surface area contributed by atoms with E-state index < -0.39 is 23.1 Å². The van der Waals surface area contributed by atoms with Gasteiger partial charge in [-0.25, -0.2) is 4.39 Å². The van der Waals surface area contributed by atoms with Crippen LogP contribution in [0.4, 0.5) is 28.9 Å². The average Bonchev–Trinajstić information content (AvgIpc) is 2.42. The van der Waals surface area contributed by atoms with Crippen molar-refractivity contribution >= 4 is 11.4 Å². The summed E-state index contributed by atoms with van der Waals surface area (Å²) in [5.41, 5.74) is -0.622. The zero-order chi connectivity index (χ0) is 15.6. The van der Waals surface area contributed by atoms with Gasteiger partial charge in [0.25, 0.3) is 0 Å². The Morgan fingerprint density at radius 3 is 2.43 bits per heavy atom. The van der Waals surface area contributed by atoms with E-state index in [2.05, 4.69) is 5.32 Å². The summed E-state index contributed by atoms with van der Waals surface area (Å²) in [4.78, 5) is 0. The van der Waals surface area contributed by atoms with Crippen LogP contribution >= 0.6 is 0 Å². The summed E-state index contributed by atoms with van der Waals surface area (Å²) in [6.07, 6.45) is -4.64. The van der Waals surface area contributed by atoms with Crippen LogP contribution in [0.3, 0.4) is 0 Å². The van der Waals surface area contributed by atoms with Crippen molar-refractivity contribution in [3.05, 3.63) is 58.9 Å². The average molecular weight is 294 g/mol. The lowest BCUT2D eigenvalue weighted by molar-refractivity contribution is -0.137. The summed E-state index contributed by atoms with van der Waals surface area (Å²) in [6, 6.07) is 8.91. The highest BCUT2D eigenvalue weighted by molar-refractivity contribution is 5.63. The Morgan fingerprint density at radius 1 is 1.10 bits per heavy atom. The molecule has 0 aliphatic rings. The molecule has 1 N–H and O–H groups in total. The summed E-state index contributed by atoms with van der Waals surface area (Å²) in [5.74, 6) is -0.571. The van der Waals surface area contributed by atoms with Crippen LogP contribution in [0.5, 0.6) is 0 Å². The summed E-state index contributed by atoms with van der Waals surface area (Å²) in [5, 5.41) is 11.3. The molecule has 2 nitrogen and oxygen atoms in total. The van der Waals surface area contributed by atoms with Crippen LogP contribution in [0.2, 0.25) is 0 Å². The minimum absolute atomic E-state index is 0.0609. The fourth-order valence-electron chi connectivity index (χ4n) is 1.84. The van der Waals surface area contributed by atoms with Crippen molar-refractivity contribution in [3.8, 4) is 6.07 Å². The third-order valence-electron chi connectivity index (χ3n) is 2.85. The number of halogens is 4. The first-order chi connectivity index (χ1) is 9.81. The second kappa shape index (κ2) is 5.44. The number of hydrogen-bond acceptors (Lipinski definition) is 2. The van der Waals surface area contributed by atoms with E-state index in [0.717, 1.165) is 17.7 Å². The van der Waals surface area contributed by atoms with E-state index in [0.29, 0.717) is 0 Å². The van der Waals surface area contributed by atoms with Gasteiger partial charge >= 0.3 is 6.18 Å². The molecule has 0 atom stereocenters. The predicted molar refractivity (Wildman–Crippen MR) is 70.6 cm³/mol. The Kier molecular flexibility index (Phi) is 3.85. The van der Waals surface area contributed by atoms with Crippen LogP contribution < -0.4 is 5.32 Å². The quantitative estimate of drug-likeness (QED) is 0.810. The zero-order valence-electron chi connectivity index (χ0n) is 10.9. The molecule has 0 spiro atoms. The Bertz CT molecular complexity index is 715. The van der Waals surface area contributed by atoms with Gasteiger partial charge in [-0.2, -0.15) is 18.4 Å². The van der Waals surface area contributed by atoms with Crippen LogP contribution in [0.25, 0.3) is 0 Å². The molecule has 0 amide bonds. The first kappa shape index (κ1) is 14.9. The fourth-order valence-corrected chi connectivity index (χ4v) is 1.84. The largest absolute Gasteiger partial charge is 0.417 e. The summed E-state index contributed by atoms with van der Waals surface area (Å²) >= 11 is 0. The summed E-state index contributed by atoms with van der Waals surface area (Å²) < 4.78 is 52.1. The summed E-state index contributed by atoms with van der Waals surface area (Å²) in [6.45, 7) is 1.74. The Morgan fingerprint density at radius 2 is 1.81 bits per heavy atom. The SMILES string of the molecule is Cc1ccc(F)c(Nc2ccc(C#N)c(C(F)(F)F)c2)c1. The minimum atomic E-state index is -4.64. The lowest BCUT2D eigenvalue weighted by Crippen LogP contribution is -2.08. The van der Waals surface area contributed by atoms with Crippen LogP contribution in [-0.2, 0) is 6.18 Å². The number of nitrogens with one attached hydrogen (secondary N) is 1. The number of aryl methyl sites for hydroxylation is 1. The van der Waals surface area contributed by atoms with E-state index >= 15 is 0 Å². The van der Waals surface area contributed by atoms with Gasteiger partial charge in [0.05, 0.1) is 22.9 Å². The smallest absolute Gasteiger partial charge is 0.353 e. The number of anilines is 2. The third kappa shape index (κ3) is 3.31. The Balaban J connectivity index is 2.42. The standard InChI is InChI=1S/C15H10F4N2/c1-9-2-5-13(16)14(6-9)21-11-4-3-10(8-20)12(7-11)15(17,18)19/h2-7,21H,1H3. The zero-order valence-corrected chi connectivity index (χ0v) is 10.9. The van der Waals surface area contributed by atoms with Crippen molar-refractivity contribution in [1.29, 1.82) is 5.26 Å². The molecule has 0 fully saturated rings. The molecule has 0 heterocycles. The molecule has 0 aliphatic carbocycles. The van der Waals surface area contributed by atoms with Crippen molar-refractivity contribution in [2.45, 2.75) is 13.1 Å². The van der Waals surface area contributed by atoms with Gasteiger partial charge in [-0.1, -0.05) is 6.07 Å². The lowest BCUT2D eigenvalue weighted by atomic mass is 10.1. The van der Waals surface area contributed by atoms with E-state index in [-0.39, 0.29) is 11.4 Å². The van der Waals surface area contributed by atoms with Gasteiger partial charge in [0.2, 0.25) is 0 Å². The van der Waals surface area contributed by atoms with Crippen molar-refractivity contribution in [1.82, 2.24) is 0 Å². The highest BCUT2D eigenvalue weighted by Gasteiger charge is 2.33. The van der Waals surface area contributed by atoms with E-state index in [4.69, 9.17) is 5.26 Å². The van der Waals surface area contributed by atoms with Gasteiger partial charge in [0.15, 0.2) is 0 Å². The maximum atomic E-state index is 13.6. The second-order valence-electron chi connectivity index (χ2n) is 4.48. The molecule has 0 saturated heterocycles. The molecule has 0 unspecified atom stereocenters. The highest BCUT2D eigenvalue weighted by atomic mass is 19.4. The first-order valence-electron chi connectivity index (χ1n) is 5.96. The molecule has 21 heavy (non-hydrogen) atoms. The van der Waals surface area contributed by atoms with Gasteiger partial charge in [-0.3, -0.25) is 0 Å². The van der Waals surface area contributed by atoms with E-state index in [9.17, 15) is 17.6 Å². The monoisotopic (exact) mass is 294 g/mol. The molecule has 6 heteroatoms. The fraction of sp³-hybridized carbons (Fsp3) is 0.133. The molecule has 2 aromatic carbocycles. The van der Waals surface area contributed by atoms with Gasteiger partial charge in [-0.05, 0) is 42.8 Å². The van der Waals surface area contributed by atoms with Crippen LogP contribution in [0, 0.1) is 24.1 Å². The molecule has 0 radical (unpaired) electrons. The van der Waals surface area contributed by atoms with E-state index in [1.165, 1.54) is 24.3 Å². The molecular formula is C15H10F4N2. The number of rotatable bonds is 2. The van der Waals surface area contributed by atoms with E-state index in [1.807, 2.05) is 0 Å². The highest BCUT2D eigenvalue weighted by Crippen LogP contribution is 2.34. The minimum Gasteiger partial charge on any atom is -0.353 e. The van der Waals surface area contributed by atoms with Gasteiger partial charge < -0.3 is 5.32 Å². The number of hydrogen-bond donors (Lipinski definition) is 1. The topological polar surface area (TPSA) is 35.8 Å². The maximum absolute atomic E-state index is 13.6. The molecule has 0 bridgehead atoms. The van der Waals surface area contributed by atoms with Crippen LogP contribution in [0.1, 0.15) is 16.7 Å². The maximum Gasteiger partial charge on any atom is 0.417 e.